The van der Waals surface area contributed by atoms with E-state index in [0.717, 1.165) is 60.7 Å². The number of para-hydroxylation sites is 3. The molecular weight excluding hydrogens is 550 g/mol. The fourth-order valence-electron chi connectivity index (χ4n) is 7.21. The van der Waals surface area contributed by atoms with E-state index in [1.54, 1.807) is 0 Å². The van der Waals surface area contributed by atoms with Crippen LogP contribution in [-0.4, -0.2) is 14.1 Å². The average molecular weight is 576 g/mol. The molecule has 0 unspecified atom stereocenters. The van der Waals surface area contributed by atoms with E-state index in [-0.39, 0.29) is 0 Å². The van der Waals surface area contributed by atoms with Crippen LogP contribution in [0.1, 0.15) is 0 Å². The zero-order valence-electron chi connectivity index (χ0n) is 24.2. The third-order valence-corrected chi connectivity index (χ3v) is 9.19. The van der Waals surface area contributed by atoms with Crippen LogP contribution in [0.25, 0.3) is 88.1 Å². The maximum Gasteiger partial charge on any atom is 0.136 e. The topological polar surface area (TPSA) is 35.9 Å². The Labute approximate surface area is 258 Å². The first kappa shape index (κ1) is 24.3. The fourth-order valence-corrected chi connectivity index (χ4v) is 7.21. The second-order valence-corrected chi connectivity index (χ2v) is 11.7. The molecule has 4 heteroatoms. The molecule has 0 bridgehead atoms. The van der Waals surface area contributed by atoms with Crippen LogP contribution < -0.4 is 0 Å². The van der Waals surface area contributed by atoms with Crippen molar-refractivity contribution < 1.29 is 4.42 Å². The fraction of sp³-hybridized carbons (Fsp3) is 0. The van der Waals surface area contributed by atoms with Crippen LogP contribution in [0.2, 0.25) is 0 Å². The van der Waals surface area contributed by atoms with Crippen LogP contribution in [-0.2, 0) is 0 Å². The highest BCUT2D eigenvalue weighted by molar-refractivity contribution is 6.17. The number of hydrogen-bond acceptors (Lipinski definition) is 2. The summed E-state index contributed by atoms with van der Waals surface area (Å²) in [6, 6.07) is 49.8. The van der Waals surface area contributed by atoms with E-state index in [0.29, 0.717) is 0 Å². The maximum atomic E-state index is 6.27. The summed E-state index contributed by atoms with van der Waals surface area (Å²) in [5.74, 6) is 0. The minimum Gasteiger partial charge on any atom is -0.456 e. The van der Waals surface area contributed by atoms with E-state index in [9.17, 15) is 0 Å². The van der Waals surface area contributed by atoms with Crippen LogP contribution in [0.3, 0.4) is 0 Å². The summed E-state index contributed by atoms with van der Waals surface area (Å²) in [4.78, 5) is 4.52. The quantitative estimate of drug-likeness (QED) is 0.210. The number of pyridine rings is 1. The van der Waals surface area contributed by atoms with E-state index < -0.39 is 0 Å². The lowest BCUT2D eigenvalue weighted by Gasteiger charge is -2.12. The van der Waals surface area contributed by atoms with Gasteiger partial charge in [-0.05, 0) is 71.8 Å². The first-order valence-corrected chi connectivity index (χ1v) is 15.2. The first-order chi connectivity index (χ1) is 22.3. The SMILES string of the molecule is c1cc(-c2cccc(-n3c4cnccc4c4cc5oc6ccccc6c5cc43)c2)cc(-n2c3ccccc3c3ccccc32)c1. The van der Waals surface area contributed by atoms with Gasteiger partial charge < -0.3 is 13.6 Å². The van der Waals surface area contributed by atoms with E-state index >= 15 is 0 Å². The molecule has 210 valence electrons. The summed E-state index contributed by atoms with van der Waals surface area (Å²) in [6.07, 6.45) is 3.83. The van der Waals surface area contributed by atoms with Crippen LogP contribution in [0.4, 0.5) is 0 Å². The number of hydrogen-bond donors (Lipinski definition) is 0. The lowest BCUT2D eigenvalue weighted by atomic mass is 10.0. The second kappa shape index (κ2) is 9.18. The molecule has 4 heterocycles. The predicted molar refractivity (Wildman–Crippen MR) is 186 cm³/mol. The average Bonchev–Trinajstić information content (AvgIpc) is 3.75. The molecule has 0 saturated carbocycles. The zero-order valence-corrected chi connectivity index (χ0v) is 24.2. The standard InChI is InChI=1S/C41H25N3O/c1-4-16-36-30(13-1)31-14-2-5-17-37(31)43(36)28-11-7-9-26(21-28)27-10-8-12-29(22-27)44-38-23-35-33-15-3-6-18-40(33)45-41(35)24-34(38)32-19-20-42-25-39(32)44/h1-25H. The van der Waals surface area contributed by atoms with Crippen molar-refractivity contribution in [3.63, 3.8) is 0 Å². The molecule has 4 nitrogen and oxygen atoms in total. The highest BCUT2D eigenvalue weighted by Gasteiger charge is 2.17. The van der Waals surface area contributed by atoms with Crippen LogP contribution in [0.5, 0.6) is 0 Å². The van der Waals surface area contributed by atoms with Gasteiger partial charge in [0.25, 0.3) is 0 Å². The Morgan fingerprint density at radius 1 is 0.400 bits per heavy atom. The minimum absolute atomic E-state index is 0.898. The van der Waals surface area contributed by atoms with Gasteiger partial charge in [0.05, 0.1) is 28.3 Å². The van der Waals surface area contributed by atoms with Gasteiger partial charge in [-0.15, -0.1) is 0 Å². The minimum atomic E-state index is 0.898. The molecule has 0 atom stereocenters. The van der Waals surface area contributed by atoms with E-state index in [1.165, 1.54) is 27.4 Å². The van der Waals surface area contributed by atoms with Crippen molar-refractivity contribution in [3.05, 3.63) is 152 Å². The Morgan fingerprint density at radius 2 is 1.00 bits per heavy atom. The van der Waals surface area contributed by atoms with Crippen molar-refractivity contribution in [2.24, 2.45) is 0 Å². The number of nitrogens with zero attached hydrogens (tertiary/aromatic N) is 3. The highest BCUT2D eigenvalue weighted by Crippen LogP contribution is 2.39. The summed E-state index contributed by atoms with van der Waals surface area (Å²) in [6.45, 7) is 0. The first-order valence-electron chi connectivity index (χ1n) is 15.2. The molecule has 0 radical (unpaired) electrons. The molecule has 0 saturated heterocycles. The van der Waals surface area contributed by atoms with Crippen molar-refractivity contribution in [3.8, 4) is 22.5 Å². The number of benzene rings is 6. The smallest absolute Gasteiger partial charge is 0.136 e. The summed E-state index contributed by atoms with van der Waals surface area (Å²) < 4.78 is 11.0. The third-order valence-electron chi connectivity index (χ3n) is 9.19. The number of furan rings is 1. The maximum absolute atomic E-state index is 6.27. The second-order valence-electron chi connectivity index (χ2n) is 11.7. The van der Waals surface area contributed by atoms with Crippen molar-refractivity contribution in [1.29, 1.82) is 0 Å². The van der Waals surface area contributed by atoms with E-state index in [2.05, 4.69) is 142 Å². The highest BCUT2D eigenvalue weighted by atomic mass is 16.3. The molecule has 0 aliphatic carbocycles. The van der Waals surface area contributed by atoms with Crippen LogP contribution in [0.15, 0.2) is 156 Å². The molecule has 6 aromatic carbocycles. The van der Waals surface area contributed by atoms with Gasteiger partial charge in [-0.1, -0.05) is 78.9 Å². The van der Waals surface area contributed by atoms with Gasteiger partial charge in [-0.2, -0.15) is 0 Å². The predicted octanol–water partition coefficient (Wildman–Crippen LogP) is 10.8. The zero-order chi connectivity index (χ0) is 29.5. The summed E-state index contributed by atoms with van der Waals surface area (Å²) in [5, 5.41) is 7.07. The number of rotatable bonds is 3. The van der Waals surface area contributed by atoms with Crippen molar-refractivity contribution in [2.75, 3.05) is 0 Å². The summed E-state index contributed by atoms with van der Waals surface area (Å²) in [7, 11) is 0. The van der Waals surface area contributed by atoms with Gasteiger partial charge in [0.2, 0.25) is 0 Å². The van der Waals surface area contributed by atoms with Gasteiger partial charge >= 0.3 is 0 Å². The van der Waals surface area contributed by atoms with Crippen molar-refractivity contribution >= 4 is 65.6 Å². The molecule has 10 rings (SSSR count). The molecule has 0 aliphatic heterocycles. The molecule has 10 aromatic rings. The van der Waals surface area contributed by atoms with E-state index in [4.69, 9.17) is 4.42 Å². The van der Waals surface area contributed by atoms with Gasteiger partial charge in [0, 0.05) is 49.9 Å². The lowest BCUT2D eigenvalue weighted by molar-refractivity contribution is 0.669. The Balaban J connectivity index is 1.18. The van der Waals surface area contributed by atoms with E-state index in [1.807, 2.05) is 24.5 Å². The summed E-state index contributed by atoms with van der Waals surface area (Å²) >= 11 is 0. The third kappa shape index (κ3) is 3.51. The molecule has 0 spiro atoms. The summed E-state index contributed by atoms with van der Waals surface area (Å²) in [5.41, 5.74) is 11.0. The van der Waals surface area contributed by atoms with Gasteiger partial charge in [-0.25, -0.2) is 0 Å². The van der Waals surface area contributed by atoms with Crippen molar-refractivity contribution in [2.45, 2.75) is 0 Å². The largest absolute Gasteiger partial charge is 0.456 e. The molecule has 4 aromatic heterocycles. The van der Waals surface area contributed by atoms with Crippen LogP contribution in [0, 0.1) is 0 Å². The van der Waals surface area contributed by atoms with Crippen molar-refractivity contribution in [1.82, 2.24) is 14.1 Å². The van der Waals surface area contributed by atoms with Gasteiger partial charge in [0.15, 0.2) is 0 Å². The Bertz CT molecular complexity index is 2720. The molecular formula is C41H25N3O. The number of fused-ring (bicyclic) bond motifs is 9. The Kier molecular flexibility index (Phi) is 4.96. The lowest BCUT2D eigenvalue weighted by Crippen LogP contribution is -1.96. The number of aromatic nitrogens is 3. The monoisotopic (exact) mass is 575 g/mol. The Hall–Kier alpha value is -6.13. The molecule has 0 N–H and O–H groups in total. The molecule has 0 amide bonds. The normalized spacial score (nSPS) is 12.0. The van der Waals surface area contributed by atoms with Gasteiger partial charge in [-0.3, -0.25) is 4.98 Å². The molecule has 45 heavy (non-hydrogen) atoms. The molecule has 0 fully saturated rings. The Morgan fingerprint density at radius 3 is 1.71 bits per heavy atom. The van der Waals surface area contributed by atoms with Gasteiger partial charge in [0.1, 0.15) is 11.2 Å². The molecule has 0 aliphatic rings. The van der Waals surface area contributed by atoms with Crippen LogP contribution >= 0.6 is 0 Å².